The van der Waals surface area contributed by atoms with E-state index in [2.05, 4.69) is 69.5 Å². The zero-order chi connectivity index (χ0) is 91.4. The van der Waals surface area contributed by atoms with Gasteiger partial charge in [0.05, 0.1) is 104 Å². The summed E-state index contributed by atoms with van der Waals surface area (Å²) in [6.07, 6.45) is 24.3. The van der Waals surface area contributed by atoms with Crippen LogP contribution in [0, 0.1) is 35.5 Å². The van der Waals surface area contributed by atoms with Crippen molar-refractivity contribution in [2.24, 2.45) is 35.5 Å². The number of nitrogens with one attached hydrogen (secondary N) is 3. The normalized spacial score (nSPS) is 14.9. The fraction of sp³-hybridized carbons (Fsp3) is 0.621. The minimum atomic E-state index is -0.488. The highest BCUT2D eigenvalue weighted by molar-refractivity contribution is 5.97. The molecule has 9 rings (SSSR count). The Morgan fingerprint density at radius 3 is 0.952 bits per heavy atom. The van der Waals surface area contributed by atoms with Gasteiger partial charge in [-0.25, -0.2) is 0 Å². The number of benzene rings is 3. The van der Waals surface area contributed by atoms with Crippen LogP contribution in [0.4, 0.5) is 0 Å². The summed E-state index contributed by atoms with van der Waals surface area (Å²) in [4.78, 5) is 119. The van der Waals surface area contributed by atoms with Gasteiger partial charge in [0.2, 0.25) is 17.7 Å². The molecule has 3 saturated carbocycles. The van der Waals surface area contributed by atoms with Crippen molar-refractivity contribution in [2.45, 2.75) is 246 Å². The molecular weight excluding hydrogens is 1600 g/mol. The molecule has 690 valence electrons. The molecule has 6 aromatic rings. The largest absolute Gasteiger partial charge is 0.496 e. The third-order valence-corrected chi connectivity index (χ3v) is 24.4. The molecule has 30 heteroatoms. The summed E-state index contributed by atoms with van der Waals surface area (Å²) >= 11 is 0. The van der Waals surface area contributed by atoms with Crippen LogP contribution in [0.5, 0.6) is 34.5 Å². The number of carbonyl (C=O) groups is 9. The van der Waals surface area contributed by atoms with Gasteiger partial charge in [-0.1, -0.05) is 162 Å². The van der Waals surface area contributed by atoms with E-state index in [1.807, 2.05) is 68.6 Å². The van der Waals surface area contributed by atoms with E-state index in [9.17, 15) is 43.2 Å². The molecule has 3 aromatic heterocycles. The number of methoxy groups -OCH3 is 9. The van der Waals surface area contributed by atoms with Crippen molar-refractivity contribution >= 4 is 53.4 Å². The SMILES string of the molecule is CCC(C)Cn1nc(C(=O)N[C@@H](CCC2CCCCC2)CC(=O)N(C)CC(=O)OC)cc1-c1c(OC)cccc1OC.COC(=O)CN(C)C(=O)C[C@H](CCC1CCCCC1)NC(=O)c1cc(-c2c(OC)cccc2OC)n(C(C)C(C)C)n1.COC(=O)CN(C)C(=O)C[C@H](CCC1CCCCC1)NC(=O)c1cc(-c2c(OC)cccc2OC)n(CC(C)C)n1. The van der Waals surface area contributed by atoms with Crippen molar-refractivity contribution in [3.63, 3.8) is 0 Å². The number of ether oxygens (including phenoxy) is 9. The molecule has 3 fully saturated rings. The minimum absolute atomic E-state index is 0.0215. The Labute approximate surface area is 740 Å². The first-order valence-corrected chi connectivity index (χ1v) is 44.7. The van der Waals surface area contributed by atoms with E-state index in [0.717, 1.165) is 48.1 Å². The predicted octanol–water partition coefficient (Wildman–Crippen LogP) is 15.1. The topological polar surface area (TPSA) is 336 Å². The van der Waals surface area contributed by atoms with E-state index in [-0.39, 0.29) is 109 Å². The van der Waals surface area contributed by atoms with Crippen LogP contribution in [0.2, 0.25) is 0 Å². The Hall–Kier alpha value is -10.7. The third-order valence-electron chi connectivity index (χ3n) is 24.4. The number of hydrogen-bond acceptors (Lipinski definition) is 21. The minimum Gasteiger partial charge on any atom is -0.496 e. The molecule has 3 aliphatic rings. The molecule has 6 amide bonds. The molecular formula is C95H142N12O18. The standard InChI is InChI=1S/2C32H48N4O6.C31H46N4O6/c1-21(2)22(3)36-26(31-27(40-5)14-11-15-28(31)41-6)19-25(34-36)32(39)33-24(17-16-23-12-9-8-10-13-23)18-29(37)35(4)20-30(38)42-7;1-7-22(2)20-36-26(31-27(40-4)14-11-15-28(31)41-5)19-25(34-36)32(39)33-24(17-16-23-12-9-8-10-13-23)18-29(37)35(3)21-30(38)42-6;1-21(2)19-35-25(30-26(39-4)13-10-14-27(30)40-5)18-24(33-35)31(38)32-23(16-15-22-11-8-7-9-12-22)17-28(36)34(3)20-29(37)41-6/h11,14-15,19,21-24H,8-10,12-13,16-18,20H2,1-7H3,(H,33,39);11,14-15,19,22-24H,7-10,12-13,16-18,20-21H2,1-6H3,(H,33,39);10,13-14,18,21-23H,7-9,11-12,15-17,19-20H2,1-6H3,(H,32,38)/t2*22?,24-;23-/m000/s1. The average molecular weight is 1740 g/mol. The Balaban J connectivity index is 0.000000257. The molecule has 2 unspecified atom stereocenters. The maximum absolute atomic E-state index is 13.7. The van der Waals surface area contributed by atoms with Gasteiger partial charge in [-0.3, -0.25) is 57.2 Å². The molecule has 5 atom stereocenters. The maximum Gasteiger partial charge on any atom is 0.325 e. The number of aromatic nitrogens is 6. The van der Waals surface area contributed by atoms with Gasteiger partial charge in [0.1, 0.15) is 54.1 Å². The quantitative estimate of drug-likeness (QED) is 0.0236. The van der Waals surface area contributed by atoms with E-state index in [1.165, 1.54) is 132 Å². The summed E-state index contributed by atoms with van der Waals surface area (Å²) in [5.41, 5.74) is 5.09. The van der Waals surface area contributed by atoms with Crippen LogP contribution in [0.1, 0.15) is 246 Å². The summed E-state index contributed by atoms with van der Waals surface area (Å²) in [5.74, 6) is 3.15. The van der Waals surface area contributed by atoms with E-state index in [4.69, 9.17) is 52.8 Å². The monoisotopic (exact) mass is 1740 g/mol. The molecule has 0 radical (unpaired) electrons. The average Bonchev–Trinajstić information content (AvgIpc) is 1.65. The van der Waals surface area contributed by atoms with Gasteiger partial charge in [0, 0.05) is 71.6 Å². The van der Waals surface area contributed by atoms with Crippen molar-refractivity contribution < 1.29 is 85.8 Å². The molecule has 3 N–H and O–H groups in total. The first kappa shape index (κ1) is 101. The lowest BCUT2D eigenvalue weighted by Crippen LogP contribution is -2.41. The van der Waals surface area contributed by atoms with Crippen LogP contribution >= 0.6 is 0 Å². The summed E-state index contributed by atoms with van der Waals surface area (Å²) in [6.45, 7) is 15.5. The lowest BCUT2D eigenvalue weighted by atomic mass is 9.85. The number of likely N-dealkylation sites (N-methyl/N-ethyl adjacent to an activating group) is 3. The summed E-state index contributed by atoms with van der Waals surface area (Å²) in [6, 6.07) is 20.8. The lowest BCUT2D eigenvalue weighted by Gasteiger charge is -2.25. The van der Waals surface area contributed by atoms with Gasteiger partial charge in [-0.2, -0.15) is 15.3 Å². The molecule has 3 aromatic carbocycles. The Kier molecular flexibility index (Phi) is 41.9. The van der Waals surface area contributed by atoms with Crippen LogP contribution in [0.25, 0.3) is 33.8 Å². The maximum atomic E-state index is 13.7. The number of esters is 3. The highest BCUT2D eigenvalue weighted by Crippen LogP contribution is 2.43. The lowest BCUT2D eigenvalue weighted by molar-refractivity contribution is -0.146. The van der Waals surface area contributed by atoms with E-state index >= 15 is 0 Å². The fourth-order valence-corrected chi connectivity index (χ4v) is 16.4. The molecule has 3 heterocycles. The Morgan fingerprint density at radius 2 is 0.680 bits per heavy atom. The van der Waals surface area contributed by atoms with Crippen molar-refractivity contribution in [2.75, 3.05) is 105 Å². The number of rotatable bonds is 43. The smallest absolute Gasteiger partial charge is 0.325 e. The molecule has 3 aliphatic carbocycles. The second-order valence-corrected chi connectivity index (χ2v) is 34.4. The van der Waals surface area contributed by atoms with Crippen LogP contribution in [0.15, 0.2) is 72.8 Å². The number of amides is 6. The van der Waals surface area contributed by atoms with Crippen molar-refractivity contribution in [1.82, 2.24) is 60.0 Å². The molecule has 30 nitrogen and oxygen atoms in total. The van der Waals surface area contributed by atoms with Crippen LogP contribution in [-0.2, 0) is 56.1 Å². The van der Waals surface area contributed by atoms with Crippen LogP contribution in [-0.4, -0.2) is 220 Å². The predicted molar refractivity (Wildman–Crippen MR) is 480 cm³/mol. The first-order valence-electron chi connectivity index (χ1n) is 44.7. The first-order chi connectivity index (χ1) is 59.9. The summed E-state index contributed by atoms with van der Waals surface area (Å²) < 4.78 is 53.5. The van der Waals surface area contributed by atoms with Crippen LogP contribution in [0.3, 0.4) is 0 Å². The van der Waals surface area contributed by atoms with Crippen molar-refractivity contribution in [3.05, 3.63) is 89.9 Å². The Bertz CT molecular complexity index is 4370. The van der Waals surface area contributed by atoms with Crippen molar-refractivity contribution in [1.29, 1.82) is 0 Å². The summed E-state index contributed by atoms with van der Waals surface area (Å²) in [5, 5.41) is 23.5. The third kappa shape index (κ3) is 30.6. The van der Waals surface area contributed by atoms with E-state index in [0.29, 0.717) is 102 Å². The molecule has 125 heavy (non-hydrogen) atoms. The second-order valence-electron chi connectivity index (χ2n) is 34.4. The molecule has 0 aliphatic heterocycles. The number of carbonyl (C=O) groups excluding carboxylic acids is 9. The second kappa shape index (κ2) is 51.7. The van der Waals surface area contributed by atoms with Crippen molar-refractivity contribution in [3.8, 4) is 68.3 Å². The van der Waals surface area contributed by atoms with E-state index in [1.54, 1.807) is 82.0 Å². The highest BCUT2D eigenvalue weighted by Gasteiger charge is 2.33. The van der Waals surface area contributed by atoms with Gasteiger partial charge in [0.25, 0.3) is 17.7 Å². The number of hydrogen-bond donors (Lipinski definition) is 3. The zero-order valence-corrected chi connectivity index (χ0v) is 77.8. The van der Waals surface area contributed by atoms with E-state index < -0.39 is 36.0 Å². The van der Waals surface area contributed by atoms with Gasteiger partial charge in [-0.05, 0) is 136 Å². The summed E-state index contributed by atoms with van der Waals surface area (Å²) in [7, 11) is 18.2. The van der Waals surface area contributed by atoms with Crippen LogP contribution < -0.4 is 44.4 Å². The number of nitrogens with zero attached hydrogens (tertiary/aromatic N) is 9. The van der Waals surface area contributed by atoms with Gasteiger partial charge < -0.3 is 73.3 Å². The van der Waals surface area contributed by atoms with Gasteiger partial charge >= 0.3 is 17.9 Å². The molecule has 0 saturated heterocycles. The Morgan fingerprint density at radius 1 is 0.400 bits per heavy atom. The fourth-order valence-electron chi connectivity index (χ4n) is 16.4. The van der Waals surface area contributed by atoms with Gasteiger partial charge in [-0.15, -0.1) is 0 Å². The highest BCUT2D eigenvalue weighted by atomic mass is 16.5. The zero-order valence-electron chi connectivity index (χ0n) is 77.8. The molecule has 0 bridgehead atoms. The van der Waals surface area contributed by atoms with Gasteiger partial charge in [0.15, 0.2) is 17.1 Å². The molecule has 0 spiro atoms.